The Labute approximate surface area is 256 Å². The maximum Gasteiger partial charge on any atom is 0.243 e. The molecule has 0 aromatic heterocycles. The van der Waals surface area contributed by atoms with Gasteiger partial charge in [-0.25, -0.2) is 8.42 Å². The average molecular weight is 606 g/mol. The lowest BCUT2D eigenvalue weighted by Crippen LogP contribution is -2.52. The maximum absolute atomic E-state index is 14.0. The molecule has 8 nitrogen and oxygen atoms in total. The van der Waals surface area contributed by atoms with Gasteiger partial charge >= 0.3 is 0 Å². The standard InChI is InChI=1S/C34H43N3O5S/c1-3-42-32-22-13-12-21-30(32)37(43(2,40)41)24-14-23-33(38)36(26-28-17-8-5-9-18-28)31(25-27-15-6-4-7-16-27)34(39)35-29-19-10-11-20-29/h4-9,12-13,15-18,21-22,29,31H,3,10-11,14,19-20,23-26H2,1-2H3,(H,35,39)/t31-/m0/s1. The molecule has 1 saturated carbocycles. The SMILES string of the molecule is CCOc1ccccc1N(CCCC(=O)N(Cc1ccccc1)[C@@H](Cc1ccccc1)C(=O)NC1CCCC1)S(C)(=O)=O. The Hall–Kier alpha value is -3.85. The third-order valence-corrected chi connectivity index (χ3v) is 8.93. The first kappa shape index (κ1) is 32.1. The van der Waals surface area contributed by atoms with Gasteiger partial charge in [-0.1, -0.05) is 85.6 Å². The molecule has 3 aromatic carbocycles. The highest BCUT2D eigenvalue weighted by Gasteiger charge is 2.32. The molecule has 4 rings (SSSR count). The van der Waals surface area contributed by atoms with Crippen molar-refractivity contribution in [3.05, 3.63) is 96.1 Å². The van der Waals surface area contributed by atoms with Crippen LogP contribution in [-0.2, 0) is 32.6 Å². The predicted molar refractivity (Wildman–Crippen MR) is 170 cm³/mol. The molecule has 43 heavy (non-hydrogen) atoms. The zero-order valence-corrected chi connectivity index (χ0v) is 26.0. The van der Waals surface area contributed by atoms with Crippen molar-refractivity contribution >= 4 is 27.5 Å². The van der Waals surface area contributed by atoms with E-state index in [9.17, 15) is 18.0 Å². The quantitative estimate of drug-likeness (QED) is 0.253. The van der Waals surface area contributed by atoms with Crippen LogP contribution in [0.5, 0.6) is 5.75 Å². The fraction of sp³-hybridized carbons (Fsp3) is 0.412. The lowest BCUT2D eigenvalue weighted by Gasteiger charge is -2.33. The molecule has 1 N–H and O–H groups in total. The smallest absolute Gasteiger partial charge is 0.243 e. The Morgan fingerprint density at radius 1 is 0.907 bits per heavy atom. The number of anilines is 1. The van der Waals surface area contributed by atoms with Crippen LogP contribution in [0.3, 0.4) is 0 Å². The van der Waals surface area contributed by atoms with Gasteiger partial charge in [-0.2, -0.15) is 0 Å². The second-order valence-corrected chi connectivity index (χ2v) is 12.9. The summed E-state index contributed by atoms with van der Waals surface area (Å²) in [7, 11) is -3.65. The van der Waals surface area contributed by atoms with Gasteiger partial charge in [-0.3, -0.25) is 13.9 Å². The van der Waals surface area contributed by atoms with E-state index >= 15 is 0 Å². The highest BCUT2D eigenvalue weighted by molar-refractivity contribution is 7.92. The van der Waals surface area contributed by atoms with E-state index in [4.69, 9.17) is 4.74 Å². The van der Waals surface area contributed by atoms with Crippen molar-refractivity contribution in [2.75, 3.05) is 23.7 Å². The molecular weight excluding hydrogens is 562 g/mol. The fourth-order valence-corrected chi connectivity index (χ4v) is 6.59. The van der Waals surface area contributed by atoms with Crippen molar-refractivity contribution in [3.8, 4) is 5.75 Å². The van der Waals surface area contributed by atoms with Gasteiger partial charge in [0.15, 0.2) is 0 Å². The molecular formula is C34H43N3O5S. The van der Waals surface area contributed by atoms with E-state index in [2.05, 4.69) is 5.32 Å². The number of nitrogens with zero attached hydrogens (tertiary/aromatic N) is 2. The second kappa shape index (κ2) is 15.6. The van der Waals surface area contributed by atoms with E-state index in [1.165, 1.54) is 4.31 Å². The predicted octanol–water partition coefficient (Wildman–Crippen LogP) is 5.33. The molecule has 230 valence electrons. The van der Waals surface area contributed by atoms with Crippen molar-refractivity contribution in [1.29, 1.82) is 0 Å². The number of carbonyl (C=O) groups is 2. The van der Waals surface area contributed by atoms with Gasteiger partial charge in [0.2, 0.25) is 21.8 Å². The Bertz CT molecular complexity index is 1430. The molecule has 1 atom stereocenters. The summed E-state index contributed by atoms with van der Waals surface area (Å²) in [6.07, 6.45) is 5.96. The van der Waals surface area contributed by atoms with Crippen LogP contribution in [0, 0.1) is 0 Å². The molecule has 0 aliphatic heterocycles. The van der Waals surface area contributed by atoms with Crippen molar-refractivity contribution in [2.45, 2.75) is 70.5 Å². The van der Waals surface area contributed by atoms with Crippen LogP contribution in [0.25, 0.3) is 0 Å². The first-order valence-corrected chi connectivity index (χ1v) is 17.0. The summed E-state index contributed by atoms with van der Waals surface area (Å²) >= 11 is 0. The minimum Gasteiger partial charge on any atom is -0.492 e. The maximum atomic E-state index is 14.0. The Morgan fingerprint density at radius 3 is 2.14 bits per heavy atom. The molecule has 0 heterocycles. The minimum atomic E-state index is -3.65. The normalized spacial score (nSPS) is 14.2. The minimum absolute atomic E-state index is 0.0810. The number of benzene rings is 3. The highest BCUT2D eigenvalue weighted by atomic mass is 32.2. The zero-order chi connectivity index (χ0) is 30.7. The van der Waals surface area contributed by atoms with E-state index < -0.39 is 16.1 Å². The van der Waals surface area contributed by atoms with Crippen LogP contribution in [-0.4, -0.2) is 56.6 Å². The largest absolute Gasteiger partial charge is 0.492 e. The molecule has 0 spiro atoms. The topological polar surface area (TPSA) is 96.0 Å². The summed E-state index contributed by atoms with van der Waals surface area (Å²) in [5.74, 6) is 0.125. The number of sulfonamides is 1. The molecule has 0 unspecified atom stereocenters. The number of hydrogen-bond donors (Lipinski definition) is 1. The van der Waals surface area contributed by atoms with Crippen LogP contribution in [0.1, 0.15) is 56.6 Å². The lowest BCUT2D eigenvalue weighted by atomic mass is 10.0. The number of ether oxygens (including phenoxy) is 1. The van der Waals surface area contributed by atoms with Gasteiger partial charge in [0, 0.05) is 32.0 Å². The Balaban J connectivity index is 1.57. The van der Waals surface area contributed by atoms with E-state index in [1.54, 1.807) is 29.2 Å². The van der Waals surface area contributed by atoms with Crippen molar-refractivity contribution in [3.63, 3.8) is 0 Å². The van der Waals surface area contributed by atoms with Crippen LogP contribution in [0.15, 0.2) is 84.9 Å². The number of para-hydroxylation sites is 2. The van der Waals surface area contributed by atoms with Gasteiger partial charge in [0.1, 0.15) is 11.8 Å². The van der Waals surface area contributed by atoms with Crippen LogP contribution < -0.4 is 14.4 Å². The summed E-state index contributed by atoms with van der Waals surface area (Å²) in [6, 6.07) is 25.8. The Kier molecular flexibility index (Phi) is 11.6. The van der Waals surface area contributed by atoms with Gasteiger partial charge < -0.3 is 15.0 Å². The molecule has 1 aliphatic rings. The van der Waals surface area contributed by atoms with E-state index in [-0.39, 0.29) is 43.8 Å². The van der Waals surface area contributed by atoms with Crippen molar-refractivity contribution < 1.29 is 22.7 Å². The van der Waals surface area contributed by atoms with Gasteiger partial charge in [-0.15, -0.1) is 0 Å². The van der Waals surface area contributed by atoms with Crippen LogP contribution in [0.4, 0.5) is 5.69 Å². The summed E-state index contributed by atoms with van der Waals surface area (Å²) in [4.78, 5) is 29.5. The number of carbonyl (C=O) groups excluding carboxylic acids is 2. The van der Waals surface area contributed by atoms with Gasteiger partial charge in [0.25, 0.3) is 0 Å². The fourth-order valence-electron chi connectivity index (χ4n) is 5.62. The first-order chi connectivity index (χ1) is 20.8. The summed E-state index contributed by atoms with van der Waals surface area (Å²) in [5.41, 5.74) is 2.33. The number of amides is 2. The molecule has 0 saturated heterocycles. The van der Waals surface area contributed by atoms with Crippen LogP contribution in [0.2, 0.25) is 0 Å². The summed E-state index contributed by atoms with van der Waals surface area (Å²) in [6.45, 7) is 2.62. The number of nitrogens with one attached hydrogen (secondary N) is 1. The highest BCUT2D eigenvalue weighted by Crippen LogP contribution is 2.30. The molecule has 9 heteroatoms. The van der Waals surface area contributed by atoms with E-state index in [0.717, 1.165) is 43.1 Å². The number of hydrogen-bond acceptors (Lipinski definition) is 5. The molecule has 1 fully saturated rings. The Morgan fingerprint density at radius 2 is 1.51 bits per heavy atom. The molecule has 3 aromatic rings. The van der Waals surface area contributed by atoms with E-state index in [1.807, 2.05) is 67.6 Å². The second-order valence-electron chi connectivity index (χ2n) is 11.0. The third-order valence-electron chi connectivity index (χ3n) is 7.75. The first-order valence-electron chi connectivity index (χ1n) is 15.1. The van der Waals surface area contributed by atoms with Gasteiger partial charge in [0.05, 0.1) is 18.6 Å². The summed E-state index contributed by atoms with van der Waals surface area (Å²) < 4.78 is 32.6. The monoisotopic (exact) mass is 605 g/mol. The molecule has 1 aliphatic carbocycles. The molecule has 0 bridgehead atoms. The van der Waals surface area contributed by atoms with E-state index in [0.29, 0.717) is 24.5 Å². The van der Waals surface area contributed by atoms with Crippen LogP contribution >= 0.6 is 0 Å². The zero-order valence-electron chi connectivity index (χ0n) is 25.2. The van der Waals surface area contributed by atoms with Crippen molar-refractivity contribution in [1.82, 2.24) is 10.2 Å². The van der Waals surface area contributed by atoms with Crippen molar-refractivity contribution in [2.24, 2.45) is 0 Å². The molecule has 2 amide bonds. The lowest BCUT2D eigenvalue weighted by molar-refractivity contribution is -0.141. The molecule has 0 radical (unpaired) electrons. The van der Waals surface area contributed by atoms with Gasteiger partial charge in [-0.05, 0) is 49.4 Å². The summed E-state index contributed by atoms with van der Waals surface area (Å²) in [5, 5.41) is 3.22. The number of rotatable bonds is 15. The average Bonchev–Trinajstić information content (AvgIpc) is 3.51. The third kappa shape index (κ3) is 9.32.